The number of ether oxygens (including phenoxy) is 1. The van der Waals surface area contributed by atoms with E-state index >= 15 is 0 Å². The van der Waals surface area contributed by atoms with Gasteiger partial charge in [0, 0.05) is 83.2 Å². The average molecular weight is 750 g/mol. The Morgan fingerprint density at radius 1 is 1.09 bits per heavy atom. The highest BCUT2D eigenvalue weighted by Gasteiger charge is 2.57. The largest absolute Gasteiger partial charge is 0.496 e. The molecule has 0 unspecified atom stereocenters. The molecule has 0 radical (unpaired) electrons. The number of rotatable bonds is 13. The lowest BCUT2D eigenvalue weighted by Gasteiger charge is -2.62. The van der Waals surface area contributed by atoms with Gasteiger partial charge in [0.25, 0.3) is 5.91 Å². The van der Waals surface area contributed by atoms with E-state index < -0.39 is 24.2 Å². The number of nitrogens with one attached hydrogen (secondary N) is 2. The zero-order chi connectivity index (χ0) is 39.6. The summed E-state index contributed by atoms with van der Waals surface area (Å²) in [5, 5.41) is 29.2. The minimum Gasteiger partial charge on any atom is -0.496 e. The van der Waals surface area contributed by atoms with E-state index in [4.69, 9.17) is 9.57 Å². The molecule has 3 saturated carbocycles. The Labute approximate surface area is 321 Å². The quantitative estimate of drug-likeness (QED) is 0.137. The normalized spacial score (nSPS) is 26.3. The van der Waals surface area contributed by atoms with Gasteiger partial charge < -0.3 is 40.3 Å². The standard InChI is InChI=1S/C41H63N7O6/c1-24-32-20-29(41(32,3)4)21-33(24)44-39(52)36-35(25(2)50)34(23-49)54-48(36)22-26-13-12-14-31(37(26)53-11)27-17-28(19-30(18-27)45(5)6)38(51)42-15-16-43-40(46(7)8)47(9)10/h12-14,17-19,24-25,29,32-36,49-50H,15-16,20-23H2,1-11H3,(H,42,51)(H,44,52)/t24-,25-,29+,32-,33-,34-,35-,36-/m0/s1. The number of aliphatic hydroxyl groups excluding tert-OH is 2. The summed E-state index contributed by atoms with van der Waals surface area (Å²) in [6.07, 6.45) is 0.467. The van der Waals surface area contributed by atoms with Gasteiger partial charge in [0.05, 0.1) is 32.9 Å². The van der Waals surface area contributed by atoms with Crippen LogP contribution in [0.15, 0.2) is 41.4 Å². The lowest BCUT2D eigenvalue weighted by atomic mass is 9.45. The molecule has 1 saturated heterocycles. The molecule has 2 amide bonds. The van der Waals surface area contributed by atoms with Gasteiger partial charge in [-0.1, -0.05) is 39.0 Å². The molecule has 1 heterocycles. The fraction of sp³-hybridized carbons (Fsp3) is 0.634. The molecule has 2 aromatic rings. The predicted octanol–water partition coefficient (Wildman–Crippen LogP) is 3.30. The number of carbonyl (C=O) groups excluding carboxylic acids is 2. The highest BCUT2D eigenvalue weighted by atomic mass is 16.7. The Hall–Kier alpha value is -3.91. The maximum Gasteiger partial charge on any atom is 0.251 e. The van der Waals surface area contributed by atoms with Crippen LogP contribution in [-0.4, -0.2) is 136 Å². The summed E-state index contributed by atoms with van der Waals surface area (Å²) >= 11 is 0. The fourth-order valence-electron chi connectivity index (χ4n) is 9.10. The molecule has 298 valence electrons. The summed E-state index contributed by atoms with van der Waals surface area (Å²) in [5.74, 6) is 1.77. The van der Waals surface area contributed by atoms with Crippen LogP contribution in [0.5, 0.6) is 5.75 Å². The van der Waals surface area contributed by atoms with Crippen molar-refractivity contribution in [3.63, 3.8) is 0 Å². The third-order valence-corrected chi connectivity index (χ3v) is 12.1. The number of methoxy groups -OCH3 is 1. The third-order valence-electron chi connectivity index (χ3n) is 12.1. The van der Waals surface area contributed by atoms with Crippen LogP contribution in [0.3, 0.4) is 0 Å². The number of hydroxylamine groups is 2. The number of hydrogen-bond acceptors (Lipinski definition) is 9. The van der Waals surface area contributed by atoms with Crippen LogP contribution in [0, 0.1) is 29.1 Å². The van der Waals surface area contributed by atoms with E-state index in [0.29, 0.717) is 42.2 Å². The van der Waals surface area contributed by atoms with E-state index in [9.17, 15) is 19.8 Å². The Morgan fingerprint density at radius 3 is 2.37 bits per heavy atom. The Bertz CT molecular complexity index is 1670. The summed E-state index contributed by atoms with van der Waals surface area (Å²) in [6.45, 7) is 9.17. The van der Waals surface area contributed by atoms with E-state index in [1.54, 1.807) is 19.1 Å². The Kier molecular flexibility index (Phi) is 12.9. The summed E-state index contributed by atoms with van der Waals surface area (Å²) in [4.78, 5) is 44.4. The van der Waals surface area contributed by atoms with Gasteiger partial charge in [-0.25, -0.2) is 0 Å². The third kappa shape index (κ3) is 8.34. The van der Waals surface area contributed by atoms with Crippen molar-refractivity contribution >= 4 is 23.5 Å². The average Bonchev–Trinajstić information content (AvgIpc) is 3.50. The molecule has 4 fully saturated rings. The molecule has 13 nitrogen and oxygen atoms in total. The van der Waals surface area contributed by atoms with Gasteiger partial charge in [0.2, 0.25) is 5.91 Å². The van der Waals surface area contributed by atoms with Crippen molar-refractivity contribution in [2.45, 2.75) is 71.4 Å². The van der Waals surface area contributed by atoms with Crippen LogP contribution in [0.25, 0.3) is 11.1 Å². The van der Waals surface area contributed by atoms with Crippen LogP contribution in [0.1, 0.15) is 56.5 Å². The number of aliphatic hydroxyl groups is 2. The van der Waals surface area contributed by atoms with E-state index in [2.05, 4.69) is 36.4 Å². The van der Waals surface area contributed by atoms with Crippen LogP contribution in [-0.2, 0) is 16.2 Å². The van der Waals surface area contributed by atoms with E-state index in [-0.39, 0.29) is 36.4 Å². The Morgan fingerprint density at radius 2 is 1.80 bits per heavy atom. The van der Waals surface area contributed by atoms with Gasteiger partial charge in [-0.3, -0.25) is 19.4 Å². The Balaban J connectivity index is 1.41. The first-order valence-corrected chi connectivity index (χ1v) is 19.2. The monoisotopic (exact) mass is 749 g/mol. The number of guanidine groups is 1. The second kappa shape index (κ2) is 16.8. The molecule has 8 atom stereocenters. The lowest BCUT2D eigenvalue weighted by Crippen LogP contribution is -2.62. The first kappa shape index (κ1) is 41.3. The minimum absolute atomic E-state index is 0.0356. The van der Waals surface area contributed by atoms with Crippen molar-refractivity contribution in [2.24, 2.45) is 34.1 Å². The summed E-state index contributed by atoms with van der Waals surface area (Å²) in [6, 6.07) is 10.7. The minimum atomic E-state index is -0.902. The van der Waals surface area contributed by atoms with E-state index in [0.717, 1.165) is 34.8 Å². The molecule has 4 aliphatic rings. The van der Waals surface area contributed by atoms with Gasteiger partial charge >= 0.3 is 0 Å². The molecule has 2 aromatic carbocycles. The zero-order valence-corrected chi connectivity index (χ0v) is 34.1. The van der Waals surface area contributed by atoms with Gasteiger partial charge in [0.1, 0.15) is 17.9 Å². The summed E-state index contributed by atoms with van der Waals surface area (Å²) < 4.78 is 6.06. The second-order valence-corrected chi connectivity index (χ2v) is 16.6. The number of carbonyl (C=O) groups is 2. The number of nitrogens with zero attached hydrogens (tertiary/aromatic N) is 5. The van der Waals surface area contributed by atoms with Gasteiger partial charge in [-0.15, -0.1) is 0 Å². The molecule has 13 heteroatoms. The van der Waals surface area contributed by atoms with Crippen molar-refractivity contribution in [1.82, 2.24) is 25.5 Å². The molecule has 4 N–H and O–H groups in total. The van der Waals surface area contributed by atoms with Crippen LogP contribution < -0.4 is 20.3 Å². The number of aliphatic imine (C=N–C) groups is 1. The smallest absolute Gasteiger partial charge is 0.251 e. The second-order valence-electron chi connectivity index (χ2n) is 16.6. The maximum absolute atomic E-state index is 14.2. The molecular weight excluding hydrogens is 686 g/mol. The zero-order valence-electron chi connectivity index (χ0n) is 34.1. The first-order chi connectivity index (χ1) is 25.5. The van der Waals surface area contributed by atoms with Crippen molar-refractivity contribution < 1.29 is 29.4 Å². The topological polar surface area (TPSA) is 142 Å². The summed E-state index contributed by atoms with van der Waals surface area (Å²) in [5.41, 5.74) is 3.92. The molecule has 2 bridgehead atoms. The number of amides is 2. The van der Waals surface area contributed by atoms with Gasteiger partial charge in [-0.2, -0.15) is 5.06 Å². The fourth-order valence-corrected chi connectivity index (χ4v) is 9.10. The molecule has 1 aliphatic heterocycles. The molecule has 0 aromatic heterocycles. The first-order valence-electron chi connectivity index (χ1n) is 19.2. The SMILES string of the molecule is COc1c(CN2O[C@@H](CO)[C@H]([C@H](C)O)[C@H]2C(=O)N[C@H]2C[C@H]3C[C@@H]([C@@H]2C)C3(C)C)cccc1-c1cc(C(=O)NCCN=C(N(C)C)N(C)C)cc(N(C)C)c1. The predicted molar refractivity (Wildman–Crippen MR) is 212 cm³/mol. The van der Waals surface area contributed by atoms with Crippen LogP contribution in [0.4, 0.5) is 5.69 Å². The lowest BCUT2D eigenvalue weighted by molar-refractivity contribution is -0.183. The van der Waals surface area contributed by atoms with E-state index in [1.807, 2.05) is 93.4 Å². The molecule has 54 heavy (non-hydrogen) atoms. The van der Waals surface area contributed by atoms with Gasteiger partial charge in [0.15, 0.2) is 5.96 Å². The maximum atomic E-state index is 14.2. The van der Waals surface area contributed by atoms with Crippen molar-refractivity contribution in [1.29, 1.82) is 0 Å². The number of para-hydroxylation sites is 1. The van der Waals surface area contributed by atoms with Crippen molar-refractivity contribution in [3.8, 4) is 16.9 Å². The van der Waals surface area contributed by atoms with Crippen LogP contribution >= 0.6 is 0 Å². The van der Waals surface area contributed by atoms with Crippen molar-refractivity contribution in [3.05, 3.63) is 47.5 Å². The highest BCUT2D eigenvalue weighted by Crippen LogP contribution is 2.61. The molecular formula is C41H63N7O6. The number of benzene rings is 2. The van der Waals surface area contributed by atoms with E-state index in [1.165, 1.54) is 6.42 Å². The van der Waals surface area contributed by atoms with Gasteiger partial charge in [-0.05, 0) is 66.7 Å². The van der Waals surface area contributed by atoms with Crippen molar-refractivity contribution in [2.75, 3.05) is 74.0 Å². The molecule has 6 rings (SSSR count). The number of hydrogen-bond donors (Lipinski definition) is 4. The molecule has 3 aliphatic carbocycles. The summed E-state index contributed by atoms with van der Waals surface area (Å²) in [7, 11) is 13.2. The number of fused-ring (bicyclic) bond motifs is 2. The highest BCUT2D eigenvalue weighted by molar-refractivity contribution is 5.97. The number of anilines is 1. The van der Waals surface area contributed by atoms with Crippen LogP contribution in [0.2, 0.25) is 0 Å². The molecule has 0 spiro atoms.